The van der Waals surface area contributed by atoms with Gasteiger partial charge in [-0.3, -0.25) is 0 Å². The van der Waals surface area contributed by atoms with Gasteiger partial charge < -0.3 is 5.53 Å². The van der Waals surface area contributed by atoms with Crippen molar-refractivity contribution in [3.63, 3.8) is 0 Å². The highest BCUT2D eigenvalue weighted by molar-refractivity contribution is 5.42. The lowest BCUT2D eigenvalue weighted by molar-refractivity contribution is 0.00819. The molecule has 0 aliphatic carbocycles. The second-order valence-electron chi connectivity index (χ2n) is 0.514. The van der Waals surface area contributed by atoms with Gasteiger partial charge in [-0.2, -0.15) is 0 Å². The molecule has 0 aliphatic rings. The predicted octanol–water partition coefficient (Wildman–Crippen LogP) is 0.382. The lowest BCUT2D eigenvalue weighted by Crippen LogP contribution is -1.39. The first kappa shape index (κ1) is 4.72. The molecule has 0 atom stereocenters. The Bertz CT molecular complexity index is 138. The summed E-state index contributed by atoms with van der Waals surface area (Å²) in [7, 11) is 0. The average Bonchev–Trinajstić information content (AvgIpc) is 1.61. The molecular formula is C4H2N2. The molecule has 0 unspecified atom stereocenters. The predicted molar refractivity (Wildman–Crippen MR) is 21.3 cm³/mol. The van der Waals surface area contributed by atoms with E-state index < -0.39 is 0 Å². The minimum absolute atomic E-state index is 1.95. The van der Waals surface area contributed by atoms with Crippen LogP contribution in [0.1, 0.15) is 0 Å². The normalized spacial score (nSPS) is 3.33. The number of hydrogen-bond donors (Lipinski definition) is 0. The molecule has 6 heavy (non-hydrogen) atoms. The van der Waals surface area contributed by atoms with Crippen molar-refractivity contribution < 1.29 is 4.79 Å². The Morgan fingerprint density at radius 1 is 1.67 bits per heavy atom. The molecule has 2 nitrogen and oxygen atoms in total. The van der Waals surface area contributed by atoms with Gasteiger partial charge in [-0.05, 0) is 6.58 Å². The van der Waals surface area contributed by atoms with E-state index in [1.165, 1.54) is 0 Å². The monoisotopic (exact) mass is 78.0 g/mol. The van der Waals surface area contributed by atoms with Crippen LogP contribution in [0.3, 0.4) is 0 Å². The van der Waals surface area contributed by atoms with Crippen molar-refractivity contribution in [1.82, 2.24) is 0 Å². The van der Waals surface area contributed by atoms with E-state index >= 15 is 0 Å². The summed E-state index contributed by atoms with van der Waals surface area (Å²) in [4.78, 5) is 2.46. The maximum Gasteiger partial charge on any atom is 0.362 e. The second kappa shape index (κ2) is 3.72. The molecule has 0 saturated heterocycles. The van der Waals surface area contributed by atoms with Crippen molar-refractivity contribution in [2.75, 3.05) is 0 Å². The van der Waals surface area contributed by atoms with Gasteiger partial charge in [0.25, 0.3) is 0 Å². The fourth-order valence-electron chi connectivity index (χ4n) is 0.0645. The van der Waals surface area contributed by atoms with Gasteiger partial charge >= 0.3 is 5.87 Å². The van der Waals surface area contributed by atoms with Gasteiger partial charge in [0.15, 0.2) is 0 Å². The van der Waals surface area contributed by atoms with Gasteiger partial charge in [-0.25, -0.2) is 0 Å². The molecule has 0 amide bonds. The van der Waals surface area contributed by atoms with E-state index in [2.05, 4.69) is 22.8 Å². The molecule has 0 spiro atoms. The summed E-state index contributed by atoms with van der Waals surface area (Å²) in [5, 5.41) is 0. The van der Waals surface area contributed by atoms with E-state index in [0.29, 0.717) is 0 Å². The standard InChI is InChI=1S/C4H2N2/c1-2-3-4-6-5/h1H2. The molecule has 0 fully saturated rings. The second-order valence-corrected chi connectivity index (χ2v) is 0.514. The summed E-state index contributed by atoms with van der Waals surface area (Å²) in [6.45, 7) is 3.13. The summed E-state index contributed by atoms with van der Waals surface area (Å²) >= 11 is 0. The summed E-state index contributed by atoms with van der Waals surface area (Å²) in [6.07, 6.45) is 0. The van der Waals surface area contributed by atoms with Crippen molar-refractivity contribution >= 4 is 5.87 Å². The molecule has 0 bridgehead atoms. The molecule has 28 valence electrons. The Morgan fingerprint density at radius 3 is 2.50 bits per heavy atom. The molecule has 0 saturated carbocycles. The Hall–Kier alpha value is -1.28. The highest BCUT2D eigenvalue weighted by atomic mass is 14.8. The Labute approximate surface area is 35.3 Å². The van der Waals surface area contributed by atoms with Crippen LogP contribution in [0.15, 0.2) is 18.0 Å². The largest absolute Gasteiger partial charge is 0.362 e. The van der Waals surface area contributed by atoms with Crippen LogP contribution < -0.4 is 0 Å². The Balaban J connectivity index is 4.68. The molecule has 0 N–H and O–H groups in total. The van der Waals surface area contributed by atoms with Crippen molar-refractivity contribution in [2.45, 2.75) is 0 Å². The Kier molecular flexibility index (Phi) is 2.93. The number of nitrogens with zero attached hydrogens (tertiary/aromatic N) is 2. The van der Waals surface area contributed by atoms with E-state index in [9.17, 15) is 0 Å². The zero-order valence-electron chi connectivity index (χ0n) is 3.10. The molecule has 0 aromatic carbocycles. The van der Waals surface area contributed by atoms with Crippen LogP contribution in [0, 0.1) is 0 Å². The SMILES string of the molecule is C=C=C=C=[N+]=[N-]. The molecule has 2 heteroatoms. The van der Waals surface area contributed by atoms with Gasteiger partial charge in [0.2, 0.25) is 0 Å². The first-order valence-electron chi connectivity index (χ1n) is 1.28. The van der Waals surface area contributed by atoms with Crippen LogP contribution in [-0.2, 0) is 0 Å². The van der Waals surface area contributed by atoms with E-state index in [1.54, 1.807) is 0 Å². The first-order chi connectivity index (χ1) is 2.91. The van der Waals surface area contributed by atoms with Crippen LogP contribution in [0.5, 0.6) is 0 Å². The topological polar surface area (TPSA) is 36.4 Å². The maximum atomic E-state index is 7.58. The summed E-state index contributed by atoms with van der Waals surface area (Å²) in [5.41, 5.74) is 12.0. The van der Waals surface area contributed by atoms with E-state index in [1.807, 2.05) is 5.87 Å². The molecular weight excluding hydrogens is 76.1 g/mol. The third kappa shape index (κ3) is 2.72. The van der Waals surface area contributed by atoms with Crippen LogP contribution in [-0.4, -0.2) is 10.7 Å². The molecule has 0 aromatic heterocycles. The molecule has 0 aromatic rings. The minimum atomic E-state index is 1.95. The third-order valence-electron chi connectivity index (χ3n) is 0.194. The van der Waals surface area contributed by atoms with E-state index in [4.69, 9.17) is 5.53 Å². The van der Waals surface area contributed by atoms with Crippen LogP contribution in [0.25, 0.3) is 5.53 Å². The van der Waals surface area contributed by atoms with Gasteiger partial charge in [0.1, 0.15) is 0 Å². The van der Waals surface area contributed by atoms with E-state index in [-0.39, 0.29) is 0 Å². The molecule has 0 aliphatic heterocycles. The minimum Gasteiger partial charge on any atom is -0.348 e. The highest BCUT2D eigenvalue weighted by Crippen LogP contribution is 1.30. The third-order valence-corrected chi connectivity index (χ3v) is 0.194. The van der Waals surface area contributed by atoms with Gasteiger partial charge in [-0.15, -0.1) is 4.79 Å². The van der Waals surface area contributed by atoms with Gasteiger partial charge in [0.05, 0.1) is 5.73 Å². The van der Waals surface area contributed by atoms with Crippen LogP contribution in [0.2, 0.25) is 0 Å². The van der Waals surface area contributed by atoms with Gasteiger partial charge in [0, 0.05) is 0 Å². The highest BCUT2D eigenvalue weighted by Gasteiger charge is 1.38. The summed E-state index contributed by atoms with van der Waals surface area (Å²) < 4.78 is 0. The molecule has 0 heterocycles. The lowest BCUT2D eigenvalue weighted by atomic mass is 10.8. The fraction of sp³-hybridized carbons (Fsp3) is 0. The first-order valence-corrected chi connectivity index (χ1v) is 1.28. The zero-order valence-corrected chi connectivity index (χ0v) is 3.10. The number of hydrogen-bond acceptors (Lipinski definition) is 0. The number of rotatable bonds is 0. The van der Waals surface area contributed by atoms with Crippen molar-refractivity contribution in [3.8, 4) is 0 Å². The van der Waals surface area contributed by atoms with Crippen LogP contribution >= 0.6 is 0 Å². The maximum absolute atomic E-state index is 7.58. The smallest absolute Gasteiger partial charge is 0.348 e. The van der Waals surface area contributed by atoms with Gasteiger partial charge in [-0.1, -0.05) is 5.73 Å². The van der Waals surface area contributed by atoms with Crippen molar-refractivity contribution in [1.29, 1.82) is 0 Å². The lowest BCUT2D eigenvalue weighted by Gasteiger charge is -1.24. The zero-order chi connectivity index (χ0) is 4.83. The van der Waals surface area contributed by atoms with Crippen LogP contribution in [0.4, 0.5) is 0 Å². The Morgan fingerprint density at radius 2 is 2.33 bits per heavy atom. The van der Waals surface area contributed by atoms with Crippen molar-refractivity contribution in [3.05, 3.63) is 23.6 Å². The van der Waals surface area contributed by atoms with Crippen molar-refractivity contribution in [2.24, 2.45) is 0 Å². The molecule has 0 radical (unpaired) electrons. The molecule has 0 rings (SSSR count). The average molecular weight is 78.1 g/mol. The van der Waals surface area contributed by atoms with E-state index in [0.717, 1.165) is 0 Å². The quantitative estimate of drug-likeness (QED) is 0.174. The fourth-order valence-corrected chi connectivity index (χ4v) is 0.0645. The summed E-state index contributed by atoms with van der Waals surface area (Å²) in [6, 6.07) is 0. The summed E-state index contributed by atoms with van der Waals surface area (Å²) in [5.74, 6) is 1.95.